The van der Waals surface area contributed by atoms with Gasteiger partial charge in [-0.1, -0.05) is 50.6 Å². The summed E-state index contributed by atoms with van der Waals surface area (Å²) < 4.78 is 0. The molecule has 1 aromatic rings. The molecule has 0 heterocycles. The lowest BCUT2D eigenvalue weighted by Crippen LogP contribution is -2.28. The molecule has 0 spiro atoms. The lowest BCUT2D eigenvalue weighted by atomic mass is 9.79. The Hall–Kier alpha value is -0.820. The van der Waals surface area contributed by atoms with Gasteiger partial charge in [-0.2, -0.15) is 0 Å². The highest BCUT2D eigenvalue weighted by Crippen LogP contribution is 2.33. The molecule has 1 rings (SSSR count). The van der Waals surface area contributed by atoms with E-state index in [4.69, 9.17) is 5.73 Å². The molecule has 0 aromatic heterocycles. The maximum absolute atomic E-state index is 6.23. The van der Waals surface area contributed by atoms with Crippen LogP contribution in [0.3, 0.4) is 0 Å². The summed E-state index contributed by atoms with van der Waals surface area (Å²) in [5, 5.41) is 0. The maximum Gasteiger partial charge on any atom is 0.0346 e. The maximum atomic E-state index is 6.23. The fraction of sp³-hybridized carbons (Fsp3) is 0.538. The highest BCUT2D eigenvalue weighted by Gasteiger charge is 2.25. The molecule has 1 atom stereocenters. The molecule has 0 unspecified atom stereocenters. The Labute approximate surface area is 87.3 Å². The van der Waals surface area contributed by atoms with E-state index in [0.717, 1.165) is 6.42 Å². The number of nitrogens with two attached hydrogens (primary N) is 1. The third kappa shape index (κ3) is 2.36. The van der Waals surface area contributed by atoms with Gasteiger partial charge in [-0.25, -0.2) is 0 Å². The third-order valence-corrected chi connectivity index (χ3v) is 3.19. The first kappa shape index (κ1) is 11.3. The molecule has 78 valence electrons. The highest BCUT2D eigenvalue weighted by atomic mass is 14.7. The molecule has 0 amide bonds. The number of benzene rings is 1. The van der Waals surface area contributed by atoms with Gasteiger partial charge < -0.3 is 5.73 Å². The summed E-state index contributed by atoms with van der Waals surface area (Å²) in [6, 6.07) is 8.66. The molecule has 0 saturated carbocycles. The van der Waals surface area contributed by atoms with Gasteiger partial charge in [-0.3, -0.25) is 0 Å². The number of rotatable bonds is 3. The van der Waals surface area contributed by atoms with Crippen LogP contribution in [0, 0.1) is 12.3 Å². The lowest BCUT2D eigenvalue weighted by Gasteiger charge is -2.30. The van der Waals surface area contributed by atoms with Crippen LogP contribution in [-0.2, 0) is 0 Å². The molecule has 1 aromatic carbocycles. The van der Waals surface area contributed by atoms with E-state index in [9.17, 15) is 0 Å². The van der Waals surface area contributed by atoms with E-state index in [-0.39, 0.29) is 11.5 Å². The van der Waals surface area contributed by atoms with E-state index in [1.165, 1.54) is 11.1 Å². The standard InChI is InChI=1S/C13H21N/c1-5-13(3,4)12(14)11-8-6-10(2)7-9-11/h6-9,12H,5,14H2,1-4H3/t12-/m0/s1. The Morgan fingerprint density at radius 1 is 1.21 bits per heavy atom. The van der Waals surface area contributed by atoms with Crippen LogP contribution in [0.25, 0.3) is 0 Å². The minimum absolute atomic E-state index is 0.132. The van der Waals surface area contributed by atoms with Crippen LogP contribution < -0.4 is 5.73 Å². The van der Waals surface area contributed by atoms with E-state index in [2.05, 4.69) is 52.0 Å². The minimum atomic E-state index is 0.132. The smallest absolute Gasteiger partial charge is 0.0346 e. The summed E-state index contributed by atoms with van der Waals surface area (Å²) >= 11 is 0. The van der Waals surface area contributed by atoms with Crippen LogP contribution in [0.5, 0.6) is 0 Å². The summed E-state index contributed by atoms with van der Waals surface area (Å²) in [6.07, 6.45) is 1.10. The average Bonchev–Trinajstić information content (AvgIpc) is 2.18. The van der Waals surface area contributed by atoms with Crippen molar-refractivity contribution in [1.82, 2.24) is 0 Å². The van der Waals surface area contributed by atoms with Crippen LogP contribution in [0.2, 0.25) is 0 Å². The fourth-order valence-electron chi connectivity index (χ4n) is 1.44. The molecule has 1 nitrogen and oxygen atoms in total. The van der Waals surface area contributed by atoms with Gasteiger partial charge in [0.25, 0.3) is 0 Å². The van der Waals surface area contributed by atoms with E-state index in [1.807, 2.05) is 0 Å². The molecular formula is C13H21N. The zero-order chi connectivity index (χ0) is 10.8. The van der Waals surface area contributed by atoms with Crippen molar-refractivity contribution in [3.8, 4) is 0 Å². The van der Waals surface area contributed by atoms with E-state index >= 15 is 0 Å². The van der Waals surface area contributed by atoms with Crippen LogP contribution in [0.1, 0.15) is 44.4 Å². The van der Waals surface area contributed by atoms with Crippen molar-refractivity contribution >= 4 is 0 Å². The predicted molar refractivity (Wildman–Crippen MR) is 62.2 cm³/mol. The van der Waals surface area contributed by atoms with Gasteiger partial charge in [0, 0.05) is 6.04 Å². The molecule has 0 saturated heterocycles. The first-order valence-electron chi connectivity index (χ1n) is 5.29. The molecule has 1 heteroatoms. The highest BCUT2D eigenvalue weighted by molar-refractivity contribution is 5.25. The second-order valence-corrected chi connectivity index (χ2v) is 4.73. The molecule has 0 fully saturated rings. The van der Waals surface area contributed by atoms with E-state index in [1.54, 1.807) is 0 Å². The van der Waals surface area contributed by atoms with E-state index in [0.29, 0.717) is 0 Å². The van der Waals surface area contributed by atoms with Gasteiger partial charge in [-0.15, -0.1) is 0 Å². The van der Waals surface area contributed by atoms with Crippen molar-refractivity contribution in [3.63, 3.8) is 0 Å². The second-order valence-electron chi connectivity index (χ2n) is 4.73. The topological polar surface area (TPSA) is 26.0 Å². The number of hydrogen-bond donors (Lipinski definition) is 1. The Bertz CT molecular complexity index is 285. The van der Waals surface area contributed by atoms with Gasteiger partial charge in [0.15, 0.2) is 0 Å². The van der Waals surface area contributed by atoms with Crippen LogP contribution in [-0.4, -0.2) is 0 Å². The molecule has 0 aliphatic rings. The first-order chi connectivity index (χ1) is 6.47. The van der Waals surface area contributed by atoms with Crippen molar-refractivity contribution in [2.24, 2.45) is 11.1 Å². The van der Waals surface area contributed by atoms with Gasteiger partial charge >= 0.3 is 0 Å². The first-order valence-corrected chi connectivity index (χ1v) is 5.29. The molecule has 0 bridgehead atoms. The lowest BCUT2D eigenvalue weighted by molar-refractivity contribution is 0.278. The summed E-state index contributed by atoms with van der Waals surface area (Å²) in [5.74, 6) is 0. The van der Waals surface area contributed by atoms with Crippen molar-refractivity contribution in [1.29, 1.82) is 0 Å². The summed E-state index contributed by atoms with van der Waals surface area (Å²) in [7, 11) is 0. The molecule has 14 heavy (non-hydrogen) atoms. The van der Waals surface area contributed by atoms with Crippen LogP contribution in [0.4, 0.5) is 0 Å². The van der Waals surface area contributed by atoms with Gasteiger partial charge in [0.2, 0.25) is 0 Å². The molecular weight excluding hydrogens is 170 g/mol. The molecule has 0 aliphatic heterocycles. The van der Waals surface area contributed by atoms with Crippen LogP contribution in [0.15, 0.2) is 24.3 Å². The zero-order valence-corrected chi connectivity index (χ0v) is 9.67. The van der Waals surface area contributed by atoms with Crippen LogP contribution >= 0.6 is 0 Å². The number of hydrogen-bond acceptors (Lipinski definition) is 1. The Morgan fingerprint density at radius 2 is 1.71 bits per heavy atom. The summed E-state index contributed by atoms with van der Waals surface area (Å²) in [6.45, 7) is 8.73. The SMILES string of the molecule is CCC(C)(C)[C@@H](N)c1ccc(C)cc1. The second kappa shape index (κ2) is 4.14. The quantitative estimate of drug-likeness (QED) is 0.778. The largest absolute Gasteiger partial charge is 0.324 e. The van der Waals surface area contributed by atoms with Crippen molar-refractivity contribution < 1.29 is 0 Å². The summed E-state index contributed by atoms with van der Waals surface area (Å²) in [5.41, 5.74) is 8.93. The zero-order valence-electron chi connectivity index (χ0n) is 9.67. The van der Waals surface area contributed by atoms with Crippen molar-refractivity contribution in [3.05, 3.63) is 35.4 Å². The minimum Gasteiger partial charge on any atom is -0.324 e. The van der Waals surface area contributed by atoms with Gasteiger partial charge in [-0.05, 0) is 24.3 Å². The Kier molecular flexibility index (Phi) is 3.33. The predicted octanol–water partition coefficient (Wildman–Crippen LogP) is 3.43. The fourth-order valence-corrected chi connectivity index (χ4v) is 1.44. The van der Waals surface area contributed by atoms with Gasteiger partial charge in [0.05, 0.1) is 0 Å². The summed E-state index contributed by atoms with van der Waals surface area (Å²) in [4.78, 5) is 0. The molecule has 2 N–H and O–H groups in total. The molecule has 0 radical (unpaired) electrons. The molecule has 0 aliphatic carbocycles. The Morgan fingerprint density at radius 3 is 2.14 bits per heavy atom. The number of aryl methyl sites for hydroxylation is 1. The Balaban J connectivity index is 2.89. The normalized spacial score (nSPS) is 14.1. The third-order valence-electron chi connectivity index (χ3n) is 3.19. The van der Waals surface area contributed by atoms with Crippen molar-refractivity contribution in [2.45, 2.75) is 40.2 Å². The van der Waals surface area contributed by atoms with Gasteiger partial charge in [0.1, 0.15) is 0 Å². The monoisotopic (exact) mass is 191 g/mol. The van der Waals surface area contributed by atoms with E-state index < -0.39 is 0 Å². The van der Waals surface area contributed by atoms with Crippen molar-refractivity contribution in [2.75, 3.05) is 0 Å². The average molecular weight is 191 g/mol.